The lowest BCUT2D eigenvalue weighted by Gasteiger charge is -2.18. The number of carbonyl (C=O) groups excluding carboxylic acids is 1. The molecule has 0 saturated heterocycles. The average Bonchev–Trinajstić information content (AvgIpc) is 2.23. The fourth-order valence-electron chi connectivity index (χ4n) is 0.875. The van der Waals surface area contributed by atoms with Crippen LogP contribution < -0.4 is 0 Å². The Morgan fingerprint density at radius 1 is 1.44 bits per heavy atom. The second-order valence-corrected chi connectivity index (χ2v) is 5.53. The van der Waals surface area contributed by atoms with E-state index in [1.165, 1.54) is 14.2 Å². The monoisotopic (exact) mass is 253 g/mol. The summed E-state index contributed by atoms with van der Waals surface area (Å²) in [6.45, 7) is 0.971. The molecule has 8 heteroatoms. The SMILES string of the molecule is COC(=O)CCN(C)S(=O)(=O)C(C)C(=O)O. The van der Waals surface area contributed by atoms with E-state index in [9.17, 15) is 18.0 Å². The summed E-state index contributed by atoms with van der Waals surface area (Å²) in [4.78, 5) is 21.3. The van der Waals surface area contributed by atoms with E-state index in [0.29, 0.717) is 0 Å². The maximum absolute atomic E-state index is 11.6. The van der Waals surface area contributed by atoms with Crippen molar-refractivity contribution in [2.75, 3.05) is 20.7 Å². The van der Waals surface area contributed by atoms with Gasteiger partial charge in [0.1, 0.15) is 0 Å². The van der Waals surface area contributed by atoms with Crippen molar-refractivity contribution in [1.29, 1.82) is 0 Å². The lowest BCUT2D eigenvalue weighted by molar-refractivity contribution is -0.140. The first-order valence-corrected chi connectivity index (χ1v) is 5.98. The van der Waals surface area contributed by atoms with E-state index in [1.807, 2.05) is 0 Å². The molecule has 0 aliphatic rings. The minimum atomic E-state index is -3.92. The van der Waals surface area contributed by atoms with E-state index in [4.69, 9.17) is 5.11 Å². The fraction of sp³-hybridized carbons (Fsp3) is 0.750. The number of rotatable bonds is 6. The molecule has 0 aliphatic heterocycles. The molecule has 0 aromatic carbocycles. The zero-order valence-electron chi connectivity index (χ0n) is 9.34. The van der Waals surface area contributed by atoms with Crippen molar-refractivity contribution >= 4 is 22.0 Å². The summed E-state index contributed by atoms with van der Waals surface area (Å²) in [6, 6.07) is 0. The van der Waals surface area contributed by atoms with Gasteiger partial charge in [0.15, 0.2) is 5.25 Å². The predicted octanol–water partition coefficient (Wildman–Crippen LogP) is -0.716. The summed E-state index contributed by atoms with van der Waals surface area (Å²) in [5, 5.41) is 7.06. The van der Waals surface area contributed by atoms with Crippen molar-refractivity contribution in [2.45, 2.75) is 18.6 Å². The van der Waals surface area contributed by atoms with Gasteiger partial charge in [0.25, 0.3) is 0 Å². The largest absolute Gasteiger partial charge is 0.480 e. The third kappa shape index (κ3) is 3.78. The number of methoxy groups -OCH3 is 1. The zero-order chi connectivity index (χ0) is 12.9. The van der Waals surface area contributed by atoms with Crippen LogP contribution in [0.25, 0.3) is 0 Å². The van der Waals surface area contributed by atoms with Crippen molar-refractivity contribution in [3.8, 4) is 0 Å². The molecule has 1 unspecified atom stereocenters. The maximum Gasteiger partial charge on any atom is 0.323 e. The highest BCUT2D eigenvalue weighted by Crippen LogP contribution is 2.07. The average molecular weight is 253 g/mol. The van der Waals surface area contributed by atoms with Crippen LogP contribution in [0, 0.1) is 0 Å². The fourth-order valence-corrected chi connectivity index (χ4v) is 2.02. The van der Waals surface area contributed by atoms with Gasteiger partial charge in [-0.15, -0.1) is 0 Å². The minimum absolute atomic E-state index is 0.105. The van der Waals surface area contributed by atoms with E-state index in [-0.39, 0.29) is 13.0 Å². The Hall–Kier alpha value is -1.15. The van der Waals surface area contributed by atoms with Gasteiger partial charge in [0.05, 0.1) is 13.5 Å². The highest BCUT2D eigenvalue weighted by molar-refractivity contribution is 7.90. The van der Waals surface area contributed by atoms with E-state index in [0.717, 1.165) is 11.2 Å². The standard InChI is InChI=1S/C8H15NO6S/c1-6(8(11)12)16(13,14)9(2)5-4-7(10)15-3/h6H,4-5H2,1-3H3,(H,11,12). The first-order chi connectivity index (χ1) is 7.23. The first kappa shape index (κ1) is 14.8. The highest BCUT2D eigenvalue weighted by Gasteiger charge is 2.31. The molecule has 0 amide bonds. The van der Waals surface area contributed by atoms with Crippen LogP contribution in [0.1, 0.15) is 13.3 Å². The quantitative estimate of drug-likeness (QED) is 0.627. The van der Waals surface area contributed by atoms with Crippen LogP contribution in [0.15, 0.2) is 0 Å². The lowest BCUT2D eigenvalue weighted by Crippen LogP contribution is -2.39. The number of carboxylic acid groups (broad SMARTS) is 1. The number of carboxylic acids is 1. The van der Waals surface area contributed by atoms with Gasteiger partial charge in [-0.05, 0) is 6.92 Å². The molecule has 0 saturated carbocycles. The van der Waals surface area contributed by atoms with Gasteiger partial charge in [-0.25, -0.2) is 12.7 Å². The topological polar surface area (TPSA) is 101 Å². The summed E-state index contributed by atoms with van der Waals surface area (Å²) in [5.41, 5.74) is 0. The van der Waals surface area contributed by atoms with E-state index in [2.05, 4.69) is 4.74 Å². The van der Waals surface area contributed by atoms with Crippen LogP contribution in [0.5, 0.6) is 0 Å². The molecule has 94 valence electrons. The lowest BCUT2D eigenvalue weighted by atomic mass is 10.4. The number of hydrogen-bond acceptors (Lipinski definition) is 5. The molecule has 0 rings (SSSR count). The number of aliphatic carboxylic acids is 1. The normalized spacial score (nSPS) is 13.5. The van der Waals surface area contributed by atoms with Crippen LogP contribution in [-0.2, 0) is 24.3 Å². The van der Waals surface area contributed by atoms with Crippen molar-refractivity contribution < 1.29 is 27.9 Å². The molecule has 0 radical (unpaired) electrons. The van der Waals surface area contributed by atoms with Crippen LogP contribution in [-0.4, -0.2) is 55.7 Å². The Balaban J connectivity index is 4.54. The second kappa shape index (κ2) is 5.80. The molecule has 7 nitrogen and oxygen atoms in total. The number of nitrogens with zero attached hydrogens (tertiary/aromatic N) is 1. The number of esters is 1. The number of sulfonamides is 1. The van der Waals surface area contributed by atoms with E-state index in [1.54, 1.807) is 0 Å². The smallest absolute Gasteiger partial charge is 0.323 e. The van der Waals surface area contributed by atoms with Crippen molar-refractivity contribution in [1.82, 2.24) is 4.31 Å². The summed E-state index contributed by atoms with van der Waals surface area (Å²) in [5.74, 6) is -1.98. The Labute approximate surface area is 94.0 Å². The Morgan fingerprint density at radius 2 is 1.94 bits per heavy atom. The van der Waals surface area contributed by atoms with E-state index >= 15 is 0 Å². The zero-order valence-corrected chi connectivity index (χ0v) is 10.2. The molecule has 0 fully saturated rings. The third-order valence-electron chi connectivity index (χ3n) is 2.09. The molecule has 1 atom stereocenters. The van der Waals surface area contributed by atoms with Gasteiger partial charge >= 0.3 is 11.9 Å². The van der Waals surface area contributed by atoms with Gasteiger partial charge in [-0.1, -0.05) is 0 Å². The van der Waals surface area contributed by atoms with Crippen LogP contribution in [0.4, 0.5) is 0 Å². The van der Waals surface area contributed by atoms with Gasteiger partial charge in [-0.3, -0.25) is 9.59 Å². The molecule has 0 aromatic rings. The summed E-state index contributed by atoms with van der Waals surface area (Å²) < 4.78 is 28.3. The van der Waals surface area contributed by atoms with Crippen molar-refractivity contribution in [2.24, 2.45) is 0 Å². The molecule has 0 bridgehead atoms. The molecule has 0 aliphatic carbocycles. The van der Waals surface area contributed by atoms with Gasteiger partial charge < -0.3 is 9.84 Å². The molecule has 1 N–H and O–H groups in total. The minimum Gasteiger partial charge on any atom is -0.480 e. The van der Waals surface area contributed by atoms with Gasteiger partial charge in [-0.2, -0.15) is 0 Å². The third-order valence-corrected chi connectivity index (χ3v) is 4.23. The van der Waals surface area contributed by atoms with Crippen LogP contribution in [0.3, 0.4) is 0 Å². The van der Waals surface area contributed by atoms with Crippen molar-refractivity contribution in [3.63, 3.8) is 0 Å². The molecule has 16 heavy (non-hydrogen) atoms. The Morgan fingerprint density at radius 3 is 2.31 bits per heavy atom. The Kier molecular flexibility index (Phi) is 5.39. The Bertz CT molecular complexity index is 363. The molecule has 0 heterocycles. The van der Waals surface area contributed by atoms with Crippen LogP contribution in [0.2, 0.25) is 0 Å². The van der Waals surface area contributed by atoms with E-state index < -0.39 is 27.2 Å². The van der Waals surface area contributed by atoms with Gasteiger partial charge in [0, 0.05) is 13.6 Å². The predicted molar refractivity (Wildman–Crippen MR) is 55.3 cm³/mol. The van der Waals surface area contributed by atoms with Crippen molar-refractivity contribution in [3.05, 3.63) is 0 Å². The maximum atomic E-state index is 11.6. The van der Waals surface area contributed by atoms with Crippen LogP contribution >= 0.6 is 0 Å². The summed E-state index contributed by atoms with van der Waals surface area (Å²) in [6.07, 6.45) is -0.113. The summed E-state index contributed by atoms with van der Waals surface area (Å²) >= 11 is 0. The molecular formula is C8H15NO6S. The van der Waals surface area contributed by atoms with Gasteiger partial charge in [0.2, 0.25) is 10.0 Å². The number of carbonyl (C=O) groups is 2. The summed E-state index contributed by atoms with van der Waals surface area (Å²) in [7, 11) is -1.50. The second-order valence-electron chi connectivity index (χ2n) is 3.17. The molecule has 0 spiro atoms. The molecule has 0 aromatic heterocycles. The highest BCUT2D eigenvalue weighted by atomic mass is 32.2. The first-order valence-electron chi connectivity index (χ1n) is 4.48. The number of ether oxygens (including phenoxy) is 1. The number of hydrogen-bond donors (Lipinski definition) is 1. The molecular weight excluding hydrogens is 238 g/mol.